The Balaban J connectivity index is 2.14. The van der Waals surface area contributed by atoms with Gasteiger partial charge in [0.05, 0.1) is 11.3 Å². The van der Waals surface area contributed by atoms with Gasteiger partial charge in [-0.1, -0.05) is 72.4 Å². The van der Waals surface area contributed by atoms with Crippen LogP contribution in [0, 0.1) is 0 Å². The van der Waals surface area contributed by atoms with Crippen LogP contribution in [0.2, 0.25) is 0 Å². The number of hydrogen-bond acceptors (Lipinski definition) is 5. The van der Waals surface area contributed by atoms with Gasteiger partial charge < -0.3 is 5.11 Å². The topological polar surface area (TPSA) is 90.2 Å². The molecule has 4 rings (SSSR count). The van der Waals surface area contributed by atoms with Gasteiger partial charge >= 0.3 is 11.3 Å². The number of anilines is 1. The first-order valence-electron chi connectivity index (χ1n) is 12.2. The summed E-state index contributed by atoms with van der Waals surface area (Å²) in [5.74, 6) is 0.831. The summed E-state index contributed by atoms with van der Waals surface area (Å²) in [4.78, 5) is 31.2. The summed E-state index contributed by atoms with van der Waals surface area (Å²) in [6, 6.07) is 11.3. The number of aromatic amines is 1. The molecule has 0 radical (unpaired) electrons. The maximum atomic E-state index is 13.4. The Morgan fingerprint density at radius 1 is 1.11 bits per heavy atom. The van der Waals surface area contributed by atoms with Crippen LogP contribution < -0.4 is 15.1 Å². The molecule has 1 aliphatic rings. The summed E-state index contributed by atoms with van der Waals surface area (Å²) in [6.07, 6.45) is -0.700. The summed E-state index contributed by atoms with van der Waals surface area (Å²) in [6.45, 7) is 15.8. The van der Waals surface area contributed by atoms with E-state index in [4.69, 9.17) is 5.10 Å². The van der Waals surface area contributed by atoms with E-state index in [1.54, 1.807) is 9.58 Å². The van der Waals surface area contributed by atoms with E-state index in [0.717, 1.165) is 22.4 Å². The number of carbonyl (C=O) groups excluding carboxylic acids is 1. The van der Waals surface area contributed by atoms with E-state index in [1.165, 1.54) is 18.7 Å². The molecule has 1 aromatic heterocycles. The molecule has 3 aromatic rings. The minimum atomic E-state index is -0.700. The maximum absolute atomic E-state index is 13.4. The number of hydrogen-bond donors (Lipinski definition) is 2. The van der Waals surface area contributed by atoms with Crippen LogP contribution in [0.4, 0.5) is 5.69 Å². The maximum Gasteiger partial charge on any atom is 0.325 e. The fourth-order valence-electron chi connectivity index (χ4n) is 4.76. The third-order valence-corrected chi connectivity index (χ3v) is 7.17. The molecule has 36 heavy (non-hydrogen) atoms. The van der Waals surface area contributed by atoms with Gasteiger partial charge in [0, 0.05) is 28.7 Å². The number of amides is 1. The quantitative estimate of drug-likeness (QED) is 0.382. The molecular formula is C28H35N4O3S+. The number of phenols is 1. The van der Waals surface area contributed by atoms with Crippen LogP contribution >= 0.6 is 11.8 Å². The zero-order valence-electron chi connectivity index (χ0n) is 22.3. The van der Waals surface area contributed by atoms with Gasteiger partial charge in [0.2, 0.25) is 11.1 Å². The van der Waals surface area contributed by atoms with Crippen molar-refractivity contribution in [3.05, 3.63) is 63.4 Å². The molecule has 0 spiro atoms. The molecule has 2 N–H and O–H groups in total. The minimum absolute atomic E-state index is 0.167. The standard InChI is InChI=1S/C28H34N4O3S/c1-9-36-26-29-24(35)22-18-12-10-11-13-21(18)31(16(2)33)25(32(22)30-26)17-14-19(27(3,4)5)23(34)20(15-17)28(6,7)8/h10-15,25H,9H2,1-8H3,(H-,29,30,34,35)/p+1/t25-/m1/s1. The van der Waals surface area contributed by atoms with Gasteiger partial charge in [-0.25, -0.2) is 4.90 Å². The summed E-state index contributed by atoms with van der Waals surface area (Å²) < 4.78 is 1.67. The van der Waals surface area contributed by atoms with Gasteiger partial charge in [0.1, 0.15) is 5.75 Å². The number of aromatic hydroxyl groups is 1. The van der Waals surface area contributed by atoms with E-state index in [1.807, 2.05) is 43.3 Å². The average molecular weight is 508 g/mol. The summed E-state index contributed by atoms with van der Waals surface area (Å²) in [5, 5.41) is 16.6. The fraction of sp³-hybridized carbons (Fsp3) is 0.429. The van der Waals surface area contributed by atoms with Gasteiger partial charge in [0.25, 0.3) is 6.17 Å². The van der Waals surface area contributed by atoms with Crippen molar-refractivity contribution in [3.8, 4) is 17.0 Å². The second-order valence-electron chi connectivity index (χ2n) is 11.2. The number of phenolic OH excluding ortho intramolecular Hbond substituents is 1. The zero-order valence-corrected chi connectivity index (χ0v) is 23.1. The molecule has 2 aromatic carbocycles. The first kappa shape index (κ1) is 25.9. The number of benzene rings is 2. The van der Waals surface area contributed by atoms with Crippen LogP contribution in [0.5, 0.6) is 5.75 Å². The number of rotatable bonds is 3. The lowest BCUT2D eigenvalue weighted by atomic mass is 9.78. The Morgan fingerprint density at radius 3 is 2.22 bits per heavy atom. The van der Waals surface area contributed by atoms with E-state index < -0.39 is 6.17 Å². The molecule has 0 unspecified atom stereocenters. The lowest BCUT2D eigenvalue weighted by Crippen LogP contribution is -2.60. The van der Waals surface area contributed by atoms with Crippen molar-refractivity contribution >= 4 is 23.4 Å². The molecule has 8 heteroatoms. The minimum Gasteiger partial charge on any atom is -0.507 e. The number of nitrogens with one attached hydrogen (secondary N) is 1. The van der Waals surface area contributed by atoms with Crippen molar-refractivity contribution in [2.75, 3.05) is 10.7 Å². The van der Waals surface area contributed by atoms with Gasteiger partial charge in [-0.05, 0) is 45.5 Å². The summed E-state index contributed by atoms with van der Waals surface area (Å²) in [7, 11) is 0. The average Bonchev–Trinajstić information content (AvgIpc) is 2.76. The highest BCUT2D eigenvalue weighted by Crippen LogP contribution is 2.43. The fourth-order valence-corrected chi connectivity index (χ4v) is 5.35. The van der Waals surface area contributed by atoms with Crippen LogP contribution in [0.1, 0.15) is 78.2 Å². The number of H-pyrrole nitrogens is 1. The number of para-hydroxylation sites is 1. The lowest BCUT2D eigenvalue weighted by Gasteiger charge is -2.33. The van der Waals surface area contributed by atoms with Crippen molar-refractivity contribution in [2.24, 2.45) is 0 Å². The molecule has 0 aliphatic carbocycles. The predicted molar refractivity (Wildman–Crippen MR) is 144 cm³/mol. The van der Waals surface area contributed by atoms with Crippen LogP contribution in [0.3, 0.4) is 0 Å². The summed E-state index contributed by atoms with van der Waals surface area (Å²) in [5.41, 5.74) is 3.08. The Kier molecular flexibility index (Phi) is 6.54. The Bertz CT molecular complexity index is 1360. The molecule has 2 heterocycles. The second kappa shape index (κ2) is 9.07. The Hall–Kier alpha value is -3.13. The van der Waals surface area contributed by atoms with E-state index in [2.05, 4.69) is 46.5 Å². The van der Waals surface area contributed by atoms with Crippen LogP contribution in [0.25, 0.3) is 11.3 Å². The summed E-state index contributed by atoms with van der Waals surface area (Å²) >= 11 is 1.44. The first-order chi connectivity index (χ1) is 16.8. The molecule has 0 bridgehead atoms. The van der Waals surface area contributed by atoms with E-state index in [-0.39, 0.29) is 28.0 Å². The van der Waals surface area contributed by atoms with Gasteiger partial charge in [-0.2, -0.15) is 0 Å². The second-order valence-corrected chi connectivity index (χ2v) is 12.5. The molecule has 1 atom stereocenters. The molecule has 190 valence electrons. The SMILES string of the molecule is CCSc1n[n+]2c(c(=O)[nH]1)-c1ccccc1N(C(C)=O)[C@H]2c1cc(C(C)(C)C)c(O)c(C(C)(C)C)c1. The molecule has 1 aliphatic heterocycles. The van der Waals surface area contributed by atoms with E-state index >= 15 is 0 Å². The van der Waals surface area contributed by atoms with Crippen molar-refractivity contribution in [1.29, 1.82) is 0 Å². The van der Waals surface area contributed by atoms with Gasteiger partial charge in [-0.3, -0.25) is 14.6 Å². The van der Waals surface area contributed by atoms with Crippen molar-refractivity contribution in [3.63, 3.8) is 0 Å². The van der Waals surface area contributed by atoms with Crippen molar-refractivity contribution in [2.45, 2.75) is 77.5 Å². The number of aromatic nitrogens is 3. The number of nitrogens with zero attached hydrogens (tertiary/aromatic N) is 3. The van der Waals surface area contributed by atoms with E-state index in [9.17, 15) is 14.7 Å². The van der Waals surface area contributed by atoms with Gasteiger partial charge in [-0.15, -0.1) is 0 Å². The smallest absolute Gasteiger partial charge is 0.325 e. The zero-order chi connectivity index (χ0) is 26.6. The van der Waals surface area contributed by atoms with Gasteiger partial charge in [0.15, 0.2) is 0 Å². The predicted octanol–water partition coefficient (Wildman–Crippen LogP) is 5.05. The highest BCUT2D eigenvalue weighted by atomic mass is 32.2. The number of fused-ring (bicyclic) bond motifs is 3. The molecule has 7 nitrogen and oxygen atoms in total. The molecular weight excluding hydrogens is 472 g/mol. The molecule has 0 saturated carbocycles. The van der Waals surface area contributed by atoms with Crippen LogP contribution in [-0.4, -0.2) is 26.8 Å². The van der Waals surface area contributed by atoms with Crippen LogP contribution in [0.15, 0.2) is 46.3 Å². The monoisotopic (exact) mass is 507 g/mol. The normalized spacial score (nSPS) is 15.4. The third kappa shape index (κ3) is 4.43. The first-order valence-corrected chi connectivity index (χ1v) is 13.2. The lowest BCUT2D eigenvalue weighted by molar-refractivity contribution is -0.763. The van der Waals surface area contributed by atoms with Crippen LogP contribution in [-0.2, 0) is 15.6 Å². The Morgan fingerprint density at radius 2 is 1.69 bits per heavy atom. The largest absolute Gasteiger partial charge is 0.507 e. The number of thioether (sulfide) groups is 1. The molecule has 0 fully saturated rings. The number of carbonyl (C=O) groups is 1. The third-order valence-electron chi connectivity index (χ3n) is 6.42. The Labute approximate surface area is 216 Å². The highest BCUT2D eigenvalue weighted by Gasteiger charge is 2.46. The molecule has 0 saturated heterocycles. The van der Waals surface area contributed by atoms with Crippen molar-refractivity contribution < 1.29 is 14.6 Å². The molecule has 1 amide bonds. The van der Waals surface area contributed by atoms with Crippen molar-refractivity contribution in [1.82, 2.24) is 10.1 Å². The van der Waals surface area contributed by atoms with E-state index in [0.29, 0.717) is 22.1 Å². The highest BCUT2D eigenvalue weighted by molar-refractivity contribution is 7.99.